The van der Waals surface area contributed by atoms with Crippen LogP contribution in [0.4, 0.5) is 11.4 Å². The summed E-state index contributed by atoms with van der Waals surface area (Å²) in [5.74, 6) is 1.19. The van der Waals surface area contributed by atoms with Gasteiger partial charge in [0.05, 0.1) is 48.6 Å². The van der Waals surface area contributed by atoms with Crippen LogP contribution in [0, 0.1) is 0 Å². The molecule has 1 N–H and O–H groups in total. The van der Waals surface area contributed by atoms with Gasteiger partial charge in [-0.05, 0) is 12.1 Å². The summed E-state index contributed by atoms with van der Waals surface area (Å²) in [7, 11) is 3.69. The Hall–Kier alpha value is -3.46. The predicted octanol–water partition coefficient (Wildman–Crippen LogP) is 2.09. The Labute approximate surface area is 168 Å². The molecule has 148 valence electrons. The van der Waals surface area contributed by atoms with E-state index in [1.807, 2.05) is 47.1 Å². The number of rotatable bonds is 2. The van der Waals surface area contributed by atoms with Crippen LogP contribution in [0.25, 0.3) is 0 Å². The first-order chi connectivity index (χ1) is 14.1. The summed E-state index contributed by atoms with van der Waals surface area (Å²) in [6, 6.07) is 7.83. The van der Waals surface area contributed by atoms with Gasteiger partial charge in [-0.25, -0.2) is 4.99 Å². The van der Waals surface area contributed by atoms with Gasteiger partial charge < -0.3 is 19.9 Å². The Kier molecular flexibility index (Phi) is 4.17. The average molecular weight is 391 g/mol. The monoisotopic (exact) mass is 391 g/mol. The zero-order chi connectivity index (χ0) is 20.0. The van der Waals surface area contributed by atoms with E-state index in [0.717, 1.165) is 22.9 Å². The smallest absolute Gasteiger partial charge is 0.259 e. The number of ether oxygens (including phenoxy) is 1. The molecule has 9 nitrogen and oxygen atoms in total. The van der Waals surface area contributed by atoms with Crippen LogP contribution < -0.4 is 10.2 Å². The van der Waals surface area contributed by atoms with Crippen LogP contribution in [0.3, 0.4) is 0 Å². The molecule has 2 aromatic rings. The second-order valence-corrected chi connectivity index (χ2v) is 7.24. The number of nitrogens with zero attached hydrogens (tertiary/aromatic N) is 6. The van der Waals surface area contributed by atoms with Crippen LogP contribution in [0.5, 0.6) is 0 Å². The van der Waals surface area contributed by atoms with E-state index in [1.165, 1.54) is 0 Å². The molecule has 3 aliphatic rings. The predicted molar refractivity (Wildman–Crippen MR) is 110 cm³/mol. The summed E-state index contributed by atoms with van der Waals surface area (Å²) < 4.78 is 7.11. The maximum atomic E-state index is 13.0. The number of aromatic nitrogens is 2. The van der Waals surface area contributed by atoms with Crippen molar-refractivity contribution in [2.75, 3.05) is 37.5 Å². The molecule has 0 radical (unpaired) electrons. The Morgan fingerprint density at radius 1 is 1.17 bits per heavy atom. The molecule has 0 atom stereocenters. The van der Waals surface area contributed by atoms with Gasteiger partial charge in [0.1, 0.15) is 5.84 Å². The number of carbonyl (C=O) groups is 1. The highest BCUT2D eigenvalue weighted by molar-refractivity contribution is 6.13. The Balaban J connectivity index is 1.50. The van der Waals surface area contributed by atoms with Crippen molar-refractivity contribution < 1.29 is 9.53 Å². The molecule has 1 aromatic heterocycles. The van der Waals surface area contributed by atoms with E-state index in [1.54, 1.807) is 24.3 Å². The molecule has 2 bridgehead atoms. The van der Waals surface area contributed by atoms with Crippen molar-refractivity contribution in [3.05, 3.63) is 54.1 Å². The molecule has 0 unspecified atom stereocenters. The lowest BCUT2D eigenvalue weighted by molar-refractivity contribution is -0.0286. The van der Waals surface area contributed by atoms with Crippen LogP contribution in [0.1, 0.15) is 22.8 Å². The van der Waals surface area contributed by atoms with Gasteiger partial charge in [-0.3, -0.25) is 9.48 Å². The van der Waals surface area contributed by atoms with Gasteiger partial charge in [0.15, 0.2) is 0 Å². The number of anilines is 2. The highest BCUT2D eigenvalue weighted by Gasteiger charge is 2.28. The van der Waals surface area contributed by atoms with Crippen LogP contribution >= 0.6 is 0 Å². The van der Waals surface area contributed by atoms with Crippen molar-refractivity contribution in [3.8, 4) is 0 Å². The van der Waals surface area contributed by atoms with Crippen molar-refractivity contribution in [3.63, 3.8) is 0 Å². The summed E-state index contributed by atoms with van der Waals surface area (Å²) in [6.45, 7) is 1.36. The van der Waals surface area contributed by atoms with Gasteiger partial charge in [-0.15, -0.1) is 0 Å². The number of aliphatic imine (C=N–C) groups is 2. The molecule has 1 fully saturated rings. The fourth-order valence-corrected chi connectivity index (χ4v) is 3.50. The summed E-state index contributed by atoms with van der Waals surface area (Å²) >= 11 is 0. The highest BCUT2D eigenvalue weighted by atomic mass is 16.5. The van der Waals surface area contributed by atoms with E-state index in [0.29, 0.717) is 31.2 Å². The Morgan fingerprint density at radius 3 is 2.79 bits per heavy atom. The minimum Gasteiger partial charge on any atom is -0.377 e. The molecule has 5 rings (SSSR count). The second kappa shape index (κ2) is 6.85. The fourth-order valence-electron chi connectivity index (χ4n) is 3.50. The van der Waals surface area contributed by atoms with Gasteiger partial charge in [0.2, 0.25) is 5.96 Å². The van der Waals surface area contributed by atoms with Crippen molar-refractivity contribution >= 4 is 29.1 Å². The molecule has 4 heterocycles. The number of amides is 1. The lowest BCUT2D eigenvalue weighted by Gasteiger charge is -2.30. The first-order valence-corrected chi connectivity index (χ1v) is 9.44. The summed E-state index contributed by atoms with van der Waals surface area (Å²) in [6.07, 6.45) is 5.87. The normalized spacial score (nSPS) is 19.2. The van der Waals surface area contributed by atoms with E-state index >= 15 is 0 Å². The number of para-hydroxylation sites is 1. The number of hydrogen-bond acceptors (Lipinski definition) is 7. The standard InChI is InChI=1S/C20H21N7O2/c1-25-14-7-18(26(2)17-6-4-3-5-16(17)19(25)28)24-20(21-9-14)23-13-8-22-27(10-13)15-11-29-12-15/h3-6,8-10,15H,7,11-12H2,1-2H3,(H,21,23). The maximum absolute atomic E-state index is 13.0. The number of guanidine groups is 1. The number of benzene rings is 1. The van der Waals surface area contributed by atoms with Gasteiger partial charge in [-0.1, -0.05) is 12.1 Å². The molecule has 0 aliphatic carbocycles. The van der Waals surface area contributed by atoms with Crippen LogP contribution in [0.2, 0.25) is 0 Å². The topological polar surface area (TPSA) is 87.4 Å². The third-order valence-electron chi connectivity index (χ3n) is 5.38. The molecule has 1 amide bonds. The number of hydrogen-bond donors (Lipinski definition) is 1. The van der Waals surface area contributed by atoms with Crippen molar-refractivity contribution in [1.82, 2.24) is 14.7 Å². The van der Waals surface area contributed by atoms with E-state index < -0.39 is 0 Å². The van der Waals surface area contributed by atoms with Gasteiger partial charge in [0, 0.05) is 32.4 Å². The maximum Gasteiger partial charge on any atom is 0.259 e. The second-order valence-electron chi connectivity index (χ2n) is 7.24. The van der Waals surface area contributed by atoms with E-state index in [4.69, 9.17) is 9.73 Å². The summed E-state index contributed by atoms with van der Waals surface area (Å²) in [4.78, 5) is 25.8. The Bertz CT molecular complexity index is 1060. The molecule has 1 saturated heterocycles. The van der Waals surface area contributed by atoms with Gasteiger partial charge in [0.25, 0.3) is 5.91 Å². The summed E-state index contributed by atoms with van der Waals surface area (Å²) in [5, 5.41) is 7.61. The largest absolute Gasteiger partial charge is 0.377 e. The summed E-state index contributed by atoms with van der Waals surface area (Å²) in [5.41, 5.74) is 3.05. The van der Waals surface area contributed by atoms with Crippen molar-refractivity contribution in [2.45, 2.75) is 12.5 Å². The SMILES string of the molecule is CN1C(=O)c2ccccc2N(C)C2=NC(Nc3cnn(C4COC4)c3)=NC=C1C2. The number of amidine groups is 1. The third-order valence-corrected chi connectivity index (χ3v) is 5.38. The quantitative estimate of drug-likeness (QED) is 0.847. The van der Waals surface area contributed by atoms with Crippen LogP contribution in [0.15, 0.2) is 58.5 Å². The van der Waals surface area contributed by atoms with E-state index in [-0.39, 0.29) is 11.9 Å². The molecule has 3 aliphatic heterocycles. The third kappa shape index (κ3) is 3.09. The van der Waals surface area contributed by atoms with Crippen LogP contribution in [-0.4, -0.2) is 59.7 Å². The molecule has 1 aromatic carbocycles. The highest BCUT2D eigenvalue weighted by Crippen LogP contribution is 2.28. The van der Waals surface area contributed by atoms with Crippen LogP contribution in [-0.2, 0) is 4.74 Å². The van der Waals surface area contributed by atoms with Crippen molar-refractivity contribution in [1.29, 1.82) is 0 Å². The first kappa shape index (κ1) is 17.6. The lowest BCUT2D eigenvalue weighted by Crippen LogP contribution is -2.37. The van der Waals surface area contributed by atoms with E-state index in [2.05, 4.69) is 15.4 Å². The lowest BCUT2D eigenvalue weighted by atomic mass is 10.1. The number of carbonyl (C=O) groups excluding carboxylic acids is 1. The molecule has 0 spiro atoms. The van der Waals surface area contributed by atoms with E-state index in [9.17, 15) is 4.79 Å². The average Bonchev–Trinajstić information content (AvgIpc) is 3.02. The number of nitrogens with one attached hydrogen (secondary N) is 1. The minimum absolute atomic E-state index is 0.0617. The molecule has 9 heteroatoms. The van der Waals surface area contributed by atoms with Gasteiger partial charge >= 0.3 is 0 Å². The zero-order valence-corrected chi connectivity index (χ0v) is 16.2. The molecular weight excluding hydrogens is 370 g/mol. The molecular formula is C20H21N7O2. The molecule has 29 heavy (non-hydrogen) atoms. The fraction of sp³-hybridized carbons (Fsp3) is 0.300. The first-order valence-electron chi connectivity index (χ1n) is 9.44. The Morgan fingerprint density at radius 2 is 2.00 bits per heavy atom. The zero-order valence-electron chi connectivity index (χ0n) is 16.2. The minimum atomic E-state index is -0.0617. The van der Waals surface area contributed by atoms with Crippen molar-refractivity contribution in [2.24, 2.45) is 9.98 Å². The number of fused-ring (bicyclic) bond motifs is 3. The van der Waals surface area contributed by atoms with Gasteiger partial charge in [-0.2, -0.15) is 10.1 Å². The molecule has 0 saturated carbocycles.